The molecular formula is C15H26N2OS. The summed E-state index contributed by atoms with van der Waals surface area (Å²) in [6.07, 6.45) is 5.22. The second kappa shape index (κ2) is 7.36. The highest BCUT2D eigenvalue weighted by atomic mass is 32.1. The van der Waals surface area contributed by atoms with Gasteiger partial charge in [-0.15, -0.1) is 11.3 Å². The molecule has 1 aromatic heterocycles. The third kappa shape index (κ3) is 4.26. The van der Waals surface area contributed by atoms with Crippen LogP contribution in [0.1, 0.15) is 56.2 Å². The summed E-state index contributed by atoms with van der Waals surface area (Å²) in [5.74, 6) is 1.83. The lowest BCUT2D eigenvalue weighted by molar-refractivity contribution is 0.0499. The molecule has 1 saturated carbocycles. The Morgan fingerprint density at radius 1 is 1.37 bits per heavy atom. The molecule has 108 valence electrons. The highest BCUT2D eigenvalue weighted by Gasteiger charge is 2.23. The predicted molar refractivity (Wildman–Crippen MR) is 80.4 cm³/mol. The molecule has 1 aromatic rings. The maximum absolute atomic E-state index is 5.87. The molecule has 0 radical (unpaired) electrons. The minimum Gasteiger partial charge on any atom is -0.375 e. The zero-order chi connectivity index (χ0) is 13.7. The van der Waals surface area contributed by atoms with Crippen molar-refractivity contribution in [2.24, 2.45) is 17.6 Å². The van der Waals surface area contributed by atoms with Crippen LogP contribution in [-0.2, 0) is 11.3 Å². The van der Waals surface area contributed by atoms with Crippen molar-refractivity contribution in [1.29, 1.82) is 0 Å². The quantitative estimate of drug-likeness (QED) is 0.868. The zero-order valence-electron chi connectivity index (χ0n) is 12.1. The summed E-state index contributed by atoms with van der Waals surface area (Å²) in [6.45, 7) is 6.66. The molecule has 2 atom stereocenters. The second-order valence-electron chi connectivity index (χ2n) is 5.89. The van der Waals surface area contributed by atoms with Crippen molar-refractivity contribution in [3.05, 3.63) is 16.1 Å². The maximum atomic E-state index is 5.87. The molecule has 0 amide bonds. The number of ether oxygens (including phenoxy) is 1. The van der Waals surface area contributed by atoms with Crippen LogP contribution in [0.5, 0.6) is 0 Å². The molecular weight excluding hydrogens is 256 g/mol. The van der Waals surface area contributed by atoms with Gasteiger partial charge in [0.25, 0.3) is 0 Å². The minimum absolute atomic E-state index is 0.513. The van der Waals surface area contributed by atoms with Crippen LogP contribution in [-0.4, -0.2) is 18.1 Å². The Balaban J connectivity index is 1.75. The van der Waals surface area contributed by atoms with E-state index in [9.17, 15) is 0 Å². The molecule has 2 rings (SSSR count). The second-order valence-corrected chi connectivity index (χ2v) is 6.78. The van der Waals surface area contributed by atoms with E-state index in [4.69, 9.17) is 10.5 Å². The molecule has 0 aliphatic heterocycles. The largest absolute Gasteiger partial charge is 0.375 e. The van der Waals surface area contributed by atoms with Gasteiger partial charge in [-0.25, -0.2) is 4.98 Å². The highest BCUT2D eigenvalue weighted by Crippen LogP contribution is 2.29. The average molecular weight is 282 g/mol. The Labute approximate surface area is 120 Å². The van der Waals surface area contributed by atoms with E-state index < -0.39 is 0 Å². The summed E-state index contributed by atoms with van der Waals surface area (Å²) < 4.78 is 5.87. The Morgan fingerprint density at radius 2 is 2.11 bits per heavy atom. The lowest BCUT2D eigenvalue weighted by Crippen LogP contribution is -2.29. The van der Waals surface area contributed by atoms with Crippen molar-refractivity contribution in [1.82, 2.24) is 4.98 Å². The fraction of sp³-hybridized carbons (Fsp3) is 0.800. The molecule has 2 N–H and O–H groups in total. The molecule has 1 aliphatic carbocycles. The van der Waals surface area contributed by atoms with Gasteiger partial charge < -0.3 is 10.5 Å². The van der Waals surface area contributed by atoms with E-state index in [1.807, 2.05) is 0 Å². The number of hydrogen-bond acceptors (Lipinski definition) is 4. The van der Waals surface area contributed by atoms with Gasteiger partial charge in [0.2, 0.25) is 0 Å². The summed E-state index contributed by atoms with van der Waals surface area (Å²) in [4.78, 5) is 4.60. The van der Waals surface area contributed by atoms with Gasteiger partial charge in [0.15, 0.2) is 0 Å². The number of hydrogen-bond donors (Lipinski definition) is 1. The zero-order valence-corrected chi connectivity index (χ0v) is 12.9. The van der Waals surface area contributed by atoms with E-state index in [0.29, 0.717) is 24.4 Å². The van der Waals surface area contributed by atoms with Gasteiger partial charge >= 0.3 is 0 Å². The monoisotopic (exact) mass is 282 g/mol. The summed E-state index contributed by atoms with van der Waals surface area (Å²) in [6, 6.07) is 0. The SMILES string of the molecule is CC(C)c1nc(COCC2CCCCC2CN)cs1. The Kier molecular flexibility index (Phi) is 5.79. The van der Waals surface area contributed by atoms with E-state index in [1.54, 1.807) is 11.3 Å². The van der Waals surface area contributed by atoms with Gasteiger partial charge in [-0.3, -0.25) is 0 Å². The Hall–Kier alpha value is -0.450. The van der Waals surface area contributed by atoms with Crippen LogP contribution in [0.3, 0.4) is 0 Å². The standard InChI is InChI=1S/C15H26N2OS/c1-11(2)15-17-14(10-19-15)9-18-8-13-6-4-3-5-12(13)7-16/h10-13H,3-9,16H2,1-2H3. The predicted octanol–water partition coefficient (Wildman–Crippen LogP) is 3.55. The van der Waals surface area contributed by atoms with Crippen molar-refractivity contribution >= 4 is 11.3 Å². The third-order valence-electron chi connectivity index (χ3n) is 4.01. The molecule has 1 aliphatic rings. The topological polar surface area (TPSA) is 48.1 Å². The van der Waals surface area contributed by atoms with Gasteiger partial charge in [0.1, 0.15) is 0 Å². The van der Waals surface area contributed by atoms with Crippen molar-refractivity contribution in [3.8, 4) is 0 Å². The molecule has 3 nitrogen and oxygen atoms in total. The number of aromatic nitrogens is 1. The minimum atomic E-state index is 0.513. The number of nitrogens with two attached hydrogens (primary N) is 1. The van der Waals surface area contributed by atoms with Crippen LogP contribution in [0, 0.1) is 11.8 Å². The number of rotatable bonds is 6. The first kappa shape index (κ1) is 14.9. The fourth-order valence-corrected chi connectivity index (χ4v) is 3.60. The molecule has 2 unspecified atom stereocenters. The first-order valence-corrected chi connectivity index (χ1v) is 8.30. The maximum Gasteiger partial charge on any atom is 0.0954 e. The van der Waals surface area contributed by atoms with E-state index in [1.165, 1.54) is 30.7 Å². The van der Waals surface area contributed by atoms with Crippen molar-refractivity contribution in [3.63, 3.8) is 0 Å². The Morgan fingerprint density at radius 3 is 2.74 bits per heavy atom. The number of thiazole rings is 1. The van der Waals surface area contributed by atoms with Crippen molar-refractivity contribution in [2.45, 2.75) is 52.1 Å². The first-order chi connectivity index (χ1) is 9.20. The normalized spacial score (nSPS) is 24.0. The van der Waals surface area contributed by atoms with E-state index in [0.717, 1.165) is 18.8 Å². The molecule has 1 heterocycles. The van der Waals surface area contributed by atoms with E-state index >= 15 is 0 Å². The van der Waals surface area contributed by atoms with E-state index in [-0.39, 0.29) is 0 Å². The van der Waals surface area contributed by atoms with Crippen LogP contribution in [0.2, 0.25) is 0 Å². The average Bonchev–Trinajstić information content (AvgIpc) is 2.88. The Bertz CT molecular complexity index is 378. The van der Waals surface area contributed by atoms with Crippen LogP contribution in [0.4, 0.5) is 0 Å². The molecule has 0 aromatic carbocycles. The lowest BCUT2D eigenvalue weighted by atomic mass is 9.80. The third-order valence-corrected chi connectivity index (χ3v) is 5.21. The molecule has 0 bridgehead atoms. The van der Waals surface area contributed by atoms with Crippen LogP contribution >= 0.6 is 11.3 Å². The summed E-state index contributed by atoms with van der Waals surface area (Å²) in [5, 5.41) is 3.33. The van der Waals surface area contributed by atoms with Crippen LogP contribution < -0.4 is 5.73 Å². The highest BCUT2D eigenvalue weighted by molar-refractivity contribution is 7.09. The molecule has 1 fully saturated rings. The van der Waals surface area contributed by atoms with Crippen LogP contribution in [0.15, 0.2) is 5.38 Å². The lowest BCUT2D eigenvalue weighted by Gasteiger charge is -2.30. The van der Waals surface area contributed by atoms with Crippen molar-refractivity contribution < 1.29 is 4.74 Å². The fourth-order valence-electron chi connectivity index (χ4n) is 2.78. The molecule has 0 spiro atoms. The van der Waals surface area contributed by atoms with Gasteiger partial charge in [-0.1, -0.05) is 26.7 Å². The summed E-state index contributed by atoms with van der Waals surface area (Å²) in [5.41, 5.74) is 6.92. The number of nitrogens with zero attached hydrogens (tertiary/aromatic N) is 1. The molecule has 0 saturated heterocycles. The van der Waals surface area contributed by atoms with Gasteiger partial charge in [0, 0.05) is 11.3 Å². The van der Waals surface area contributed by atoms with Gasteiger partial charge in [0.05, 0.1) is 23.9 Å². The summed E-state index contributed by atoms with van der Waals surface area (Å²) in [7, 11) is 0. The smallest absolute Gasteiger partial charge is 0.0954 e. The molecule has 4 heteroatoms. The summed E-state index contributed by atoms with van der Waals surface area (Å²) >= 11 is 1.74. The first-order valence-electron chi connectivity index (χ1n) is 7.42. The van der Waals surface area contributed by atoms with E-state index in [2.05, 4.69) is 24.2 Å². The van der Waals surface area contributed by atoms with Crippen molar-refractivity contribution in [2.75, 3.05) is 13.2 Å². The van der Waals surface area contributed by atoms with Crippen LogP contribution in [0.25, 0.3) is 0 Å². The van der Waals surface area contributed by atoms with Gasteiger partial charge in [-0.05, 0) is 31.2 Å². The van der Waals surface area contributed by atoms with Gasteiger partial charge in [-0.2, -0.15) is 0 Å². The molecule has 19 heavy (non-hydrogen) atoms.